The SMILES string of the molecule is COC(=O)CC1(CSc2ncccc2C(=O)O)CC1. The van der Waals surface area contributed by atoms with Gasteiger partial charge in [-0.2, -0.15) is 0 Å². The van der Waals surface area contributed by atoms with Crippen molar-refractivity contribution in [2.45, 2.75) is 24.3 Å². The summed E-state index contributed by atoms with van der Waals surface area (Å²) in [4.78, 5) is 26.5. The lowest BCUT2D eigenvalue weighted by atomic mass is 10.1. The van der Waals surface area contributed by atoms with Gasteiger partial charge in [0.1, 0.15) is 5.03 Å². The number of esters is 1. The predicted molar refractivity (Wildman–Crippen MR) is 70.2 cm³/mol. The number of thioether (sulfide) groups is 1. The molecule has 0 saturated heterocycles. The van der Waals surface area contributed by atoms with E-state index in [9.17, 15) is 9.59 Å². The molecule has 0 aromatic carbocycles. The second kappa shape index (κ2) is 5.61. The number of aromatic nitrogens is 1. The van der Waals surface area contributed by atoms with Crippen molar-refractivity contribution in [1.29, 1.82) is 0 Å². The number of hydrogen-bond acceptors (Lipinski definition) is 5. The molecule has 102 valence electrons. The predicted octanol–water partition coefficient (Wildman–Crippen LogP) is 2.22. The first-order valence-electron chi connectivity index (χ1n) is 5.94. The molecule has 1 N–H and O–H groups in total. The van der Waals surface area contributed by atoms with Crippen molar-refractivity contribution < 1.29 is 19.4 Å². The Bertz CT molecular complexity index is 499. The van der Waals surface area contributed by atoms with Gasteiger partial charge in [0.15, 0.2) is 0 Å². The lowest BCUT2D eigenvalue weighted by Crippen LogP contribution is -2.13. The highest BCUT2D eigenvalue weighted by atomic mass is 32.2. The quantitative estimate of drug-likeness (QED) is 0.636. The number of carboxylic acid groups (broad SMARTS) is 1. The molecule has 2 rings (SSSR count). The van der Waals surface area contributed by atoms with Gasteiger partial charge in [-0.1, -0.05) is 0 Å². The van der Waals surface area contributed by atoms with Gasteiger partial charge in [0.2, 0.25) is 0 Å². The van der Waals surface area contributed by atoms with E-state index in [0.29, 0.717) is 17.2 Å². The van der Waals surface area contributed by atoms with Gasteiger partial charge >= 0.3 is 11.9 Å². The van der Waals surface area contributed by atoms with E-state index in [4.69, 9.17) is 5.11 Å². The minimum absolute atomic E-state index is 0.0367. The molecule has 5 nitrogen and oxygen atoms in total. The normalized spacial score (nSPS) is 15.8. The molecule has 1 fully saturated rings. The Kier molecular flexibility index (Phi) is 4.09. The maximum absolute atomic E-state index is 11.3. The number of carboxylic acids is 1. The molecule has 6 heteroatoms. The summed E-state index contributed by atoms with van der Waals surface area (Å²) >= 11 is 1.40. The summed E-state index contributed by atoms with van der Waals surface area (Å²) < 4.78 is 4.68. The van der Waals surface area contributed by atoms with Crippen LogP contribution in [0.15, 0.2) is 23.4 Å². The van der Waals surface area contributed by atoms with Crippen LogP contribution in [-0.4, -0.2) is 34.9 Å². The fraction of sp³-hybridized carbons (Fsp3) is 0.462. The Balaban J connectivity index is 1.99. The zero-order valence-corrected chi connectivity index (χ0v) is 11.4. The number of ether oxygens (including phenoxy) is 1. The number of hydrogen-bond donors (Lipinski definition) is 1. The van der Waals surface area contributed by atoms with Crippen molar-refractivity contribution in [2.75, 3.05) is 12.9 Å². The highest BCUT2D eigenvalue weighted by molar-refractivity contribution is 7.99. The van der Waals surface area contributed by atoms with Gasteiger partial charge in [-0.3, -0.25) is 4.79 Å². The van der Waals surface area contributed by atoms with Crippen molar-refractivity contribution in [3.8, 4) is 0 Å². The molecule has 0 atom stereocenters. The molecule has 0 aliphatic heterocycles. The van der Waals surface area contributed by atoms with Crippen molar-refractivity contribution >= 4 is 23.7 Å². The monoisotopic (exact) mass is 281 g/mol. The third-order valence-electron chi connectivity index (χ3n) is 3.22. The first kappa shape index (κ1) is 13.9. The van der Waals surface area contributed by atoms with Crippen LogP contribution in [0.2, 0.25) is 0 Å². The average molecular weight is 281 g/mol. The average Bonchev–Trinajstić information content (AvgIpc) is 3.16. The van der Waals surface area contributed by atoms with E-state index in [1.165, 1.54) is 24.9 Å². The smallest absolute Gasteiger partial charge is 0.338 e. The van der Waals surface area contributed by atoms with Gasteiger partial charge < -0.3 is 9.84 Å². The summed E-state index contributed by atoms with van der Waals surface area (Å²) in [5.74, 6) is -0.495. The lowest BCUT2D eigenvalue weighted by molar-refractivity contribution is -0.141. The van der Waals surface area contributed by atoms with Crippen LogP contribution >= 0.6 is 11.8 Å². The van der Waals surface area contributed by atoms with Gasteiger partial charge in [-0.25, -0.2) is 9.78 Å². The summed E-state index contributed by atoms with van der Waals surface area (Å²) in [6, 6.07) is 3.15. The van der Waals surface area contributed by atoms with E-state index in [-0.39, 0.29) is 16.9 Å². The molecular formula is C13H15NO4S. The molecular weight excluding hydrogens is 266 g/mol. The van der Waals surface area contributed by atoms with Crippen LogP contribution in [0.1, 0.15) is 29.6 Å². The highest BCUT2D eigenvalue weighted by Gasteiger charge is 2.44. The largest absolute Gasteiger partial charge is 0.478 e. The Morgan fingerprint density at radius 1 is 1.53 bits per heavy atom. The second-order valence-electron chi connectivity index (χ2n) is 4.70. The highest BCUT2D eigenvalue weighted by Crippen LogP contribution is 2.52. The Hall–Kier alpha value is -1.56. The molecule has 0 radical (unpaired) electrons. The van der Waals surface area contributed by atoms with Crippen molar-refractivity contribution in [2.24, 2.45) is 5.41 Å². The molecule has 1 aliphatic rings. The molecule has 1 heterocycles. The van der Waals surface area contributed by atoms with Crippen LogP contribution in [0.5, 0.6) is 0 Å². The second-order valence-corrected chi connectivity index (χ2v) is 5.67. The molecule has 1 aliphatic carbocycles. The molecule has 0 bridgehead atoms. The zero-order chi connectivity index (χ0) is 13.9. The molecule has 0 amide bonds. The van der Waals surface area contributed by atoms with E-state index in [2.05, 4.69) is 9.72 Å². The van der Waals surface area contributed by atoms with Crippen molar-refractivity contribution in [3.05, 3.63) is 23.9 Å². The van der Waals surface area contributed by atoms with Crippen LogP contribution in [0, 0.1) is 5.41 Å². The minimum Gasteiger partial charge on any atom is -0.478 e. The van der Waals surface area contributed by atoms with Crippen molar-refractivity contribution in [3.63, 3.8) is 0 Å². The van der Waals surface area contributed by atoms with E-state index >= 15 is 0 Å². The fourth-order valence-corrected chi connectivity index (χ4v) is 3.10. The van der Waals surface area contributed by atoms with Crippen LogP contribution in [0.4, 0.5) is 0 Å². The minimum atomic E-state index is -0.978. The number of carbonyl (C=O) groups is 2. The molecule has 1 aromatic heterocycles. The van der Waals surface area contributed by atoms with Gasteiger partial charge in [-0.05, 0) is 30.4 Å². The summed E-state index contributed by atoms with van der Waals surface area (Å²) in [6.45, 7) is 0. The molecule has 19 heavy (non-hydrogen) atoms. The number of carbonyl (C=O) groups excluding carboxylic acids is 1. The Morgan fingerprint density at radius 2 is 2.26 bits per heavy atom. The number of aromatic carboxylic acids is 1. The zero-order valence-electron chi connectivity index (χ0n) is 10.6. The Morgan fingerprint density at radius 3 is 2.84 bits per heavy atom. The van der Waals surface area contributed by atoms with E-state index < -0.39 is 5.97 Å². The van der Waals surface area contributed by atoms with Crippen LogP contribution in [0.3, 0.4) is 0 Å². The van der Waals surface area contributed by atoms with Gasteiger partial charge in [0, 0.05) is 11.9 Å². The number of rotatable bonds is 6. The van der Waals surface area contributed by atoms with Crippen LogP contribution < -0.4 is 0 Å². The van der Waals surface area contributed by atoms with Gasteiger partial charge in [0.25, 0.3) is 0 Å². The number of methoxy groups -OCH3 is 1. The molecule has 0 unspecified atom stereocenters. The first-order valence-corrected chi connectivity index (χ1v) is 6.93. The van der Waals surface area contributed by atoms with E-state index in [0.717, 1.165) is 12.8 Å². The van der Waals surface area contributed by atoms with E-state index in [1.54, 1.807) is 12.3 Å². The maximum atomic E-state index is 11.3. The summed E-state index contributed by atoms with van der Waals surface area (Å²) in [6.07, 6.45) is 3.93. The standard InChI is InChI=1S/C13H15NO4S/c1-18-10(15)7-13(4-5-13)8-19-11-9(12(16)17)3-2-6-14-11/h2-3,6H,4-5,7-8H2,1H3,(H,16,17). The Labute approximate surface area is 115 Å². The third-order valence-corrected chi connectivity index (χ3v) is 4.58. The molecule has 1 aromatic rings. The molecule has 0 spiro atoms. The van der Waals surface area contributed by atoms with Crippen LogP contribution in [0.25, 0.3) is 0 Å². The van der Waals surface area contributed by atoms with E-state index in [1.807, 2.05) is 0 Å². The van der Waals surface area contributed by atoms with Crippen LogP contribution in [-0.2, 0) is 9.53 Å². The number of nitrogens with zero attached hydrogens (tertiary/aromatic N) is 1. The molecule has 1 saturated carbocycles. The van der Waals surface area contributed by atoms with Gasteiger partial charge in [-0.15, -0.1) is 11.8 Å². The summed E-state index contributed by atoms with van der Waals surface area (Å²) in [5, 5.41) is 9.57. The topological polar surface area (TPSA) is 76.5 Å². The fourth-order valence-electron chi connectivity index (χ4n) is 1.82. The van der Waals surface area contributed by atoms with Crippen molar-refractivity contribution in [1.82, 2.24) is 4.98 Å². The summed E-state index contributed by atoms with van der Waals surface area (Å²) in [7, 11) is 1.38. The number of pyridine rings is 1. The van der Waals surface area contributed by atoms with Gasteiger partial charge in [0.05, 0.1) is 19.1 Å². The first-order chi connectivity index (χ1) is 9.06. The lowest BCUT2D eigenvalue weighted by Gasteiger charge is -2.13. The summed E-state index contributed by atoms with van der Waals surface area (Å²) in [5.41, 5.74) is 0.173. The maximum Gasteiger partial charge on any atom is 0.338 e. The third kappa shape index (κ3) is 3.47.